The van der Waals surface area contributed by atoms with E-state index in [0.29, 0.717) is 11.9 Å². The van der Waals surface area contributed by atoms with Gasteiger partial charge in [-0.2, -0.15) is 4.98 Å². The zero-order chi connectivity index (χ0) is 11.4. The van der Waals surface area contributed by atoms with Gasteiger partial charge in [-0.05, 0) is 24.8 Å². The second-order valence-corrected chi connectivity index (χ2v) is 4.02. The number of aromatic nitrogens is 2. The smallest absolute Gasteiger partial charge is 0.239 e. The maximum Gasteiger partial charge on any atom is 0.239 e. The third kappa shape index (κ3) is 2.40. The van der Waals surface area contributed by atoms with E-state index in [-0.39, 0.29) is 6.61 Å². The summed E-state index contributed by atoms with van der Waals surface area (Å²) in [7, 11) is 0. The highest BCUT2D eigenvalue weighted by Crippen LogP contribution is 2.21. The Kier molecular flexibility index (Phi) is 3.53. The van der Waals surface area contributed by atoms with Crippen LogP contribution >= 0.6 is 0 Å². The van der Waals surface area contributed by atoms with Gasteiger partial charge < -0.3 is 10.0 Å². The van der Waals surface area contributed by atoms with Crippen molar-refractivity contribution in [3.8, 4) is 0 Å². The van der Waals surface area contributed by atoms with Gasteiger partial charge in [-0.3, -0.25) is 5.43 Å². The Hall–Kier alpha value is -1.40. The van der Waals surface area contributed by atoms with Crippen LogP contribution in [0.1, 0.15) is 12.8 Å². The number of rotatable bonds is 3. The molecular weight excluding hydrogens is 206 g/mol. The highest BCUT2D eigenvalue weighted by Gasteiger charge is 2.20. The monoisotopic (exact) mass is 223 g/mol. The number of nitrogen functional groups attached to an aromatic ring is 1. The number of hydrogen-bond acceptors (Lipinski definition) is 6. The van der Waals surface area contributed by atoms with Crippen molar-refractivity contribution in [2.75, 3.05) is 30.0 Å². The highest BCUT2D eigenvalue weighted by atomic mass is 16.3. The molecule has 1 unspecified atom stereocenters. The highest BCUT2D eigenvalue weighted by molar-refractivity contribution is 5.42. The minimum atomic E-state index is 0.240. The number of hydrazine groups is 1. The standard InChI is InChI=1S/C10H17N5O/c11-14-10-12-4-3-9(13-10)15-5-1-2-8(6-15)7-16/h3-4,8,16H,1-2,5-7,11H2,(H,12,13,14). The van der Waals surface area contributed by atoms with Crippen molar-refractivity contribution < 1.29 is 5.11 Å². The molecule has 1 aliphatic rings. The molecule has 1 aromatic heterocycles. The average Bonchev–Trinajstić information content (AvgIpc) is 2.39. The largest absolute Gasteiger partial charge is 0.396 e. The predicted octanol–water partition coefficient (Wildman–Crippen LogP) is -0.0291. The lowest BCUT2D eigenvalue weighted by Crippen LogP contribution is -2.37. The fourth-order valence-corrected chi connectivity index (χ4v) is 2.02. The quantitative estimate of drug-likeness (QED) is 0.493. The van der Waals surface area contributed by atoms with Crippen molar-refractivity contribution in [3.05, 3.63) is 12.3 Å². The molecule has 1 aromatic rings. The zero-order valence-corrected chi connectivity index (χ0v) is 9.13. The van der Waals surface area contributed by atoms with Crippen molar-refractivity contribution >= 4 is 11.8 Å². The van der Waals surface area contributed by atoms with Crippen LogP contribution in [0.5, 0.6) is 0 Å². The summed E-state index contributed by atoms with van der Waals surface area (Å²) in [6, 6.07) is 1.86. The van der Waals surface area contributed by atoms with Crippen LogP contribution in [-0.2, 0) is 0 Å². The van der Waals surface area contributed by atoms with Crippen LogP contribution in [-0.4, -0.2) is 34.8 Å². The van der Waals surface area contributed by atoms with Gasteiger partial charge in [-0.15, -0.1) is 0 Å². The van der Waals surface area contributed by atoms with Gasteiger partial charge in [-0.25, -0.2) is 10.8 Å². The van der Waals surface area contributed by atoms with Crippen molar-refractivity contribution in [3.63, 3.8) is 0 Å². The second-order valence-electron chi connectivity index (χ2n) is 4.02. The van der Waals surface area contributed by atoms with E-state index in [4.69, 9.17) is 10.9 Å². The maximum absolute atomic E-state index is 9.16. The average molecular weight is 223 g/mol. The molecule has 88 valence electrons. The lowest BCUT2D eigenvalue weighted by molar-refractivity contribution is 0.208. The van der Waals surface area contributed by atoms with E-state index in [9.17, 15) is 0 Å². The number of anilines is 2. The first-order valence-electron chi connectivity index (χ1n) is 5.49. The molecule has 0 aliphatic carbocycles. The number of piperidine rings is 1. The summed E-state index contributed by atoms with van der Waals surface area (Å²) in [5.74, 6) is 6.90. The number of nitrogens with two attached hydrogens (primary N) is 1. The summed E-state index contributed by atoms with van der Waals surface area (Å²) in [5, 5.41) is 9.16. The van der Waals surface area contributed by atoms with Gasteiger partial charge in [-0.1, -0.05) is 0 Å². The minimum absolute atomic E-state index is 0.240. The van der Waals surface area contributed by atoms with Gasteiger partial charge in [0.2, 0.25) is 5.95 Å². The minimum Gasteiger partial charge on any atom is -0.396 e. The van der Waals surface area contributed by atoms with Crippen molar-refractivity contribution in [2.24, 2.45) is 11.8 Å². The van der Waals surface area contributed by atoms with Gasteiger partial charge in [0.05, 0.1) is 0 Å². The molecule has 0 spiro atoms. The molecule has 0 amide bonds. The van der Waals surface area contributed by atoms with E-state index < -0.39 is 0 Å². The molecule has 1 atom stereocenters. The fraction of sp³-hybridized carbons (Fsp3) is 0.600. The molecule has 2 rings (SSSR count). The normalized spacial score (nSPS) is 20.9. The summed E-state index contributed by atoms with van der Waals surface area (Å²) in [5.41, 5.74) is 2.43. The summed E-state index contributed by atoms with van der Waals surface area (Å²) in [4.78, 5) is 10.4. The topological polar surface area (TPSA) is 87.3 Å². The molecule has 1 saturated heterocycles. The molecule has 1 fully saturated rings. The number of aliphatic hydroxyl groups excluding tert-OH is 1. The Balaban J connectivity index is 2.10. The third-order valence-corrected chi connectivity index (χ3v) is 2.87. The third-order valence-electron chi connectivity index (χ3n) is 2.87. The first-order chi connectivity index (χ1) is 7.83. The zero-order valence-electron chi connectivity index (χ0n) is 9.13. The van der Waals surface area contributed by atoms with Gasteiger partial charge in [0, 0.05) is 25.9 Å². The first-order valence-corrected chi connectivity index (χ1v) is 5.49. The fourth-order valence-electron chi connectivity index (χ4n) is 2.02. The van der Waals surface area contributed by atoms with Crippen molar-refractivity contribution in [1.29, 1.82) is 0 Å². The maximum atomic E-state index is 9.16. The Bertz CT molecular complexity index is 346. The Labute approximate surface area is 94.5 Å². The summed E-state index contributed by atoms with van der Waals surface area (Å²) in [6.07, 6.45) is 3.85. The van der Waals surface area contributed by atoms with Crippen LogP contribution < -0.4 is 16.2 Å². The number of nitrogens with one attached hydrogen (secondary N) is 1. The van der Waals surface area contributed by atoms with Crippen LogP contribution in [0.15, 0.2) is 12.3 Å². The molecule has 1 aliphatic heterocycles. The molecular formula is C10H17N5O. The Morgan fingerprint density at radius 3 is 3.25 bits per heavy atom. The molecule has 0 saturated carbocycles. The van der Waals surface area contributed by atoms with Gasteiger partial charge >= 0.3 is 0 Å². The molecule has 0 aromatic carbocycles. The van der Waals surface area contributed by atoms with Gasteiger partial charge in [0.15, 0.2) is 0 Å². The Morgan fingerprint density at radius 2 is 2.50 bits per heavy atom. The SMILES string of the molecule is NNc1nccc(N2CCCC(CO)C2)n1. The van der Waals surface area contributed by atoms with Crippen LogP contribution in [0.2, 0.25) is 0 Å². The van der Waals surface area contributed by atoms with Crippen LogP contribution in [0, 0.1) is 5.92 Å². The Morgan fingerprint density at radius 1 is 1.62 bits per heavy atom. The lowest BCUT2D eigenvalue weighted by atomic mass is 9.99. The van der Waals surface area contributed by atoms with E-state index in [2.05, 4.69) is 20.3 Å². The van der Waals surface area contributed by atoms with Crippen LogP contribution in [0.3, 0.4) is 0 Å². The van der Waals surface area contributed by atoms with Crippen molar-refractivity contribution in [2.45, 2.75) is 12.8 Å². The molecule has 16 heavy (non-hydrogen) atoms. The summed E-state index contributed by atoms with van der Waals surface area (Å²) >= 11 is 0. The number of nitrogens with zero attached hydrogens (tertiary/aromatic N) is 3. The summed E-state index contributed by atoms with van der Waals surface area (Å²) in [6.45, 7) is 2.05. The molecule has 0 radical (unpaired) electrons. The van der Waals surface area contributed by atoms with Crippen LogP contribution in [0.4, 0.5) is 11.8 Å². The van der Waals surface area contributed by atoms with Gasteiger partial charge in [0.25, 0.3) is 0 Å². The van der Waals surface area contributed by atoms with E-state index in [1.807, 2.05) is 6.07 Å². The molecule has 6 nitrogen and oxygen atoms in total. The number of aliphatic hydroxyl groups is 1. The molecule has 6 heteroatoms. The summed E-state index contributed by atoms with van der Waals surface area (Å²) < 4.78 is 0. The predicted molar refractivity (Wildman–Crippen MR) is 61.9 cm³/mol. The number of hydrogen-bond donors (Lipinski definition) is 3. The van der Waals surface area contributed by atoms with Crippen LogP contribution in [0.25, 0.3) is 0 Å². The lowest BCUT2D eigenvalue weighted by Gasteiger charge is -2.32. The van der Waals surface area contributed by atoms with E-state index in [1.54, 1.807) is 6.20 Å². The molecule has 2 heterocycles. The van der Waals surface area contributed by atoms with Crippen molar-refractivity contribution in [1.82, 2.24) is 9.97 Å². The van der Waals surface area contributed by atoms with E-state index >= 15 is 0 Å². The first kappa shape index (κ1) is 11.1. The molecule has 0 bridgehead atoms. The van der Waals surface area contributed by atoms with E-state index in [0.717, 1.165) is 31.7 Å². The second kappa shape index (κ2) is 5.09. The van der Waals surface area contributed by atoms with Gasteiger partial charge in [0.1, 0.15) is 5.82 Å². The van der Waals surface area contributed by atoms with E-state index in [1.165, 1.54) is 0 Å². The molecule has 4 N–H and O–H groups in total.